The zero-order chi connectivity index (χ0) is 16.3. The van der Waals surface area contributed by atoms with E-state index in [1.165, 1.54) is 7.11 Å². The summed E-state index contributed by atoms with van der Waals surface area (Å²) in [4.78, 5) is 30.7. The first-order valence-corrected chi connectivity index (χ1v) is 8.37. The van der Waals surface area contributed by atoms with Gasteiger partial charge in [-0.2, -0.15) is 0 Å². The number of carbonyl (C=O) groups is 1. The number of ether oxygens (including phenoxy) is 1. The molecule has 0 aliphatic rings. The Bertz CT molecular complexity index is 746. The van der Waals surface area contributed by atoms with E-state index in [1.807, 2.05) is 13.8 Å². The molecule has 0 radical (unpaired) electrons. The molecule has 2 heterocycles. The van der Waals surface area contributed by atoms with Gasteiger partial charge in [0.15, 0.2) is 0 Å². The molecular weight excluding hydrogens is 300 g/mol. The van der Waals surface area contributed by atoms with Gasteiger partial charge >= 0.3 is 5.97 Å². The first-order valence-electron chi connectivity index (χ1n) is 7.55. The van der Waals surface area contributed by atoms with Crippen LogP contribution >= 0.6 is 11.3 Å². The number of fused-ring (bicyclic) bond motifs is 1. The van der Waals surface area contributed by atoms with E-state index in [4.69, 9.17) is 4.98 Å². The van der Waals surface area contributed by atoms with E-state index in [0.29, 0.717) is 19.4 Å². The molecule has 2 aromatic heterocycles. The third-order valence-corrected chi connectivity index (χ3v) is 4.93. The Morgan fingerprint density at radius 1 is 1.36 bits per heavy atom. The van der Waals surface area contributed by atoms with Gasteiger partial charge in [0, 0.05) is 24.3 Å². The highest BCUT2D eigenvalue weighted by atomic mass is 32.1. The Morgan fingerprint density at radius 3 is 2.73 bits per heavy atom. The van der Waals surface area contributed by atoms with Gasteiger partial charge in [-0.05, 0) is 32.3 Å². The summed E-state index contributed by atoms with van der Waals surface area (Å²) in [5, 5.41) is 0.723. The lowest BCUT2D eigenvalue weighted by molar-refractivity contribution is -0.140. The van der Waals surface area contributed by atoms with Gasteiger partial charge in [-0.3, -0.25) is 14.2 Å². The quantitative estimate of drug-likeness (QED) is 0.767. The van der Waals surface area contributed by atoms with E-state index in [1.54, 1.807) is 15.9 Å². The lowest BCUT2D eigenvalue weighted by atomic mass is 10.2. The van der Waals surface area contributed by atoms with E-state index in [9.17, 15) is 9.59 Å². The number of esters is 1. The molecule has 0 fully saturated rings. The number of carbonyl (C=O) groups excluding carboxylic acids is 1. The third-order valence-electron chi connectivity index (χ3n) is 3.83. The van der Waals surface area contributed by atoms with E-state index >= 15 is 0 Å². The second-order valence-electron chi connectivity index (χ2n) is 5.38. The minimum absolute atomic E-state index is 0.0140. The molecule has 0 bridgehead atoms. The smallest absolute Gasteiger partial charge is 0.305 e. The highest BCUT2D eigenvalue weighted by molar-refractivity contribution is 7.18. The van der Waals surface area contributed by atoms with E-state index in [-0.39, 0.29) is 11.5 Å². The maximum absolute atomic E-state index is 12.8. The molecule has 22 heavy (non-hydrogen) atoms. The molecule has 120 valence electrons. The fourth-order valence-electron chi connectivity index (χ4n) is 2.50. The molecule has 0 aliphatic heterocycles. The van der Waals surface area contributed by atoms with E-state index in [2.05, 4.69) is 11.7 Å². The summed E-state index contributed by atoms with van der Waals surface area (Å²) in [5.41, 5.74) is 1.03. The van der Waals surface area contributed by atoms with Crippen LogP contribution in [0, 0.1) is 13.8 Å². The Labute approximate surface area is 133 Å². The Balaban J connectivity index is 2.43. The van der Waals surface area contributed by atoms with Gasteiger partial charge in [-0.15, -0.1) is 11.3 Å². The van der Waals surface area contributed by atoms with Crippen LogP contribution in [0.3, 0.4) is 0 Å². The second-order valence-corrected chi connectivity index (χ2v) is 6.58. The Morgan fingerprint density at radius 2 is 2.09 bits per heavy atom. The molecule has 0 N–H and O–H groups in total. The molecule has 0 aliphatic carbocycles. The normalized spacial score (nSPS) is 11.1. The van der Waals surface area contributed by atoms with Crippen LogP contribution in [0.2, 0.25) is 0 Å². The maximum atomic E-state index is 12.8. The van der Waals surface area contributed by atoms with Crippen molar-refractivity contribution in [3.05, 3.63) is 26.6 Å². The zero-order valence-corrected chi connectivity index (χ0v) is 14.4. The summed E-state index contributed by atoms with van der Waals surface area (Å²) in [5.74, 6) is 0.563. The van der Waals surface area contributed by atoms with E-state index < -0.39 is 0 Å². The topological polar surface area (TPSA) is 61.2 Å². The minimum atomic E-state index is -0.248. The fraction of sp³-hybridized carbons (Fsp3) is 0.562. The van der Waals surface area contributed by atoms with Crippen molar-refractivity contribution in [2.75, 3.05) is 7.11 Å². The molecule has 0 saturated heterocycles. The first-order chi connectivity index (χ1) is 10.5. The molecule has 0 spiro atoms. The number of aryl methyl sites for hydroxylation is 3. The highest BCUT2D eigenvalue weighted by Crippen LogP contribution is 2.26. The van der Waals surface area contributed by atoms with Crippen molar-refractivity contribution in [3.63, 3.8) is 0 Å². The number of aromatic nitrogens is 2. The monoisotopic (exact) mass is 322 g/mol. The molecule has 6 heteroatoms. The van der Waals surface area contributed by atoms with Crippen molar-refractivity contribution in [3.8, 4) is 0 Å². The van der Waals surface area contributed by atoms with Crippen LogP contribution in [-0.2, 0) is 22.5 Å². The molecule has 2 rings (SSSR count). The molecule has 2 aromatic rings. The largest absolute Gasteiger partial charge is 0.469 e. The van der Waals surface area contributed by atoms with Crippen molar-refractivity contribution >= 4 is 27.5 Å². The van der Waals surface area contributed by atoms with Crippen molar-refractivity contribution in [2.45, 2.75) is 53.0 Å². The van der Waals surface area contributed by atoms with Gasteiger partial charge in [0.2, 0.25) is 0 Å². The minimum Gasteiger partial charge on any atom is -0.469 e. The standard InChI is InChI=1S/C16H22N2O3S/c1-5-7-12-17-15-14(10(2)11(3)22-15)16(20)18(12)9-6-8-13(19)21-4/h5-9H2,1-4H3. The molecule has 0 saturated carbocycles. The van der Waals surface area contributed by atoms with Crippen LogP contribution in [-0.4, -0.2) is 22.6 Å². The van der Waals surface area contributed by atoms with Crippen molar-refractivity contribution < 1.29 is 9.53 Å². The number of hydrogen-bond donors (Lipinski definition) is 0. The summed E-state index contributed by atoms with van der Waals surface area (Å²) in [6.07, 6.45) is 2.59. The lowest BCUT2D eigenvalue weighted by Gasteiger charge is -2.11. The first kappa shape index (κ1) is 16.7. The summed E-state index contributed by atoms with van der Waals surface area (Å²) >= 11 is 1.58. The number of hydrogen-bond acceptors (Lipinski definition) is 5. The summed E-state index contributed by atoms with van der Waals surface area (Å²) in [6, 6.07) is 0. The van der Waals surface area contributed by atoms with Crippen LogP contribution in [0.25, 0.3) is 10.2 Å². The molecule has 0 amide bonds. The summed E-state index contributed by atoms with van der Waals surface area (Å²) in [7, 11) is 1.38. The average Bonchev–Trinajstić information content (AvgIpc) is 2.77. The van der Waals surface area contributed by atoms with E-state index in [0.717, 1.165) is 39.3 Å². The predicted octanol–water partition coefficient (Wildman–Crippen LogP) is 2.98. The van der Waals surface area contributed by atoms with Crippen LogP contribution in [0.15, 0.2) is 4.79 Å². The molecule has 5 nitrogen and oxygen atoms in total. The Hall–Kier alpha value is -1.69. The SMILES string of the molecule is CCCc1nc2sc(C)c(C)c2c(=O)n1CCCC(=O)OC. The van der Waals surface area contributed by atoms with Crippen molar-refractivity contribution in [1.82, 2.24) is 9.55 Å². The van der Waals surface area contributed by atoms with Gasteiger partial charge in [0.25, 0.3) is 5.56 Å². The number of rotatable bonds is 6. The van der Waals surface area contributed by atoms with Gasteiger partial charge < -0.3 is 4.74 Å². The third kappa shape index (κ3) is 3.21. The molecule has 0 unspecified atom stereocenters. The van der Waals surface area contributed by atoms with Crippen LogP contribution in [0.4, 0.5) is 0 Å². The van der Waals surface area contributed by atoms with Gasteiger partial charge in [0.05, 0.1) is 12.5 Å². The predicted molar refractivity (Wildman–Crippen MR) is 88.6 cm³/mol. The number of nitrogens with zero attached hydrogens (tertiary/aromatic N) is 2. The molecule has 0 atom stereocenters. The zero-order valence-electron chi connectivity index (χ0n) is 13.6. The number of thiophene rings is 1. The van der Waals surface area contributed by atoms with Crippen molar-refractivity contribution in [1.29, 1.82) is 0 Å². The maximum Gasteiger partial charge on any atom is 0.305 e. The molecule has 0 aromatic carbocycles. The summed E-state index contributed by atoms with van der Waals surface area (Å²) in [6.45, 7) is 6.55. The highest BCUT2D eigenvalue weighted by Gasteiger charge is 2.16. The van der Waals surface area contributed by atoms with Crippen LogP contribution in [0.5, 0.6) is 0 Å². The van der Waals surface area contributed by atoms with Gasteiger partial charge in [0.1, 0.15) is 10.7 Å². The molecular formula is C16H22N2O3S. The summed E-state index contributed by atoms with van der Waals surface area (Å²) < 4.78 is 6.38. The second kappa shape index (κ2) is 7.05. The van der Waals surface area contributed by atoms with Gasteiger partial charge in [-0.25, -0.2) is 4.98 Å². The van der Waals surface area contributed by atoms with Gasteiger partial charge in [-0.1, -0.05) is 6.92 Å². The lowest BCUT2D eigenvalue weighted by Crippen LogP contribution is -2.25. The average molecular weight is 322 g/mol. The Kier molecular flexibility index (Phi) is 5.34. The van der Waals surface area contributed by atoms with Crippen LogP contribution < -0.4 is 5.56 Å². The van der Waals surface area contributed by atoms with Crippen molar-refractivity contribution in [2.24, 2.45) is 0 Å². The number of methoxy groups -OCH3 is 1. The fourth-order valence-corrected chi connectivity index (χ4v) is 3.54. The van der Waals surface area contributed by atoms with Crippen LogP contribution in [0.1, 0.15) is 42.5 Å².